The number of hydrogen-bond acceptors (Lipinski definition) is 5. The Morgan fingerprint density at radius 3 is 2.72 bits per heavy atom. The summed E-state index contributed by atoms with van der Waals surface area (Å²) in [7, 11) is 0. The predicted molar refractivity (Wildman–Crippen MR) is 101 cm³/mol. The van der Waals surface area contributed by atoms with Gasteiger partial charge in [0.05, 0.1) is 19.3 Å². The smallest absolute Gasteiger partial charge is 0.414 e. The lowest BCUT2D eigenvalue weighted by Crippen LogP contribution is -2.33. The number of halogens is 1. The van der Waals surface area contributed by atoms with Crippen LogP contribution in [0.15, 0.2) is 48.8 Å². The van der Waals surface area contributed by atoms with Crippen LogP contribution in [0.1, 0.15) is 23.0 Å². The standard InChI is InChI=1S/C20H17FN4O4/c1-12(26)22-8-16-11-24(20(28)29-16)15-5-2-13(3-6-15)19(27)17-9-23-18-7-4-14(21)10-25(17)18/h2-7,9-10,16H,8,11H2,1H3,(H,22,26)/t16-/m0/s1. The molecule has 1 aliphatic rings. The van der Waals surface area contributed by atoms with E-state index >= 15 is 0 Å². The molecule has 1 saturated heterocycles. The Kier molecular flexibility index (Phi) is 4.71. The lowest BCUT2D eigenvalue weighted by molar-refractivity contribution is -0.119. The zero-order chi connectivity index (χ0) is 20.5. The van der Waals surface area contributed by atoms with Crippen molar-refractivity contribution in [3.8, 4) is 0 Å². The van der Waals surface area contributed by atoms with Crippen molar-refractivity contribution in [2.75, 3.05) is 18.0 Å². The lowest BCUT2D eigenvalue weighted by Gasteiger charge is -2.13. The Morgan fingerprint density at radius 1 is 1.24 bits per heavy atom. The number of ether oxygens (including phenoxy) is 1. The number of cyclic esters (lactones) is 1. The van der Waals surface area contributed by atoms with Crippen LogP contribution in [-0.4, -0.2) is 46.4 Å². The molecule has 9 heteroatoms. The van der Waals surface area contributed by atoms with Crippen molar-refractivity contribution in [2.45, 2.75) is 13.0 Å². The van der Waals surface area contributed by atoms with Gasteiger partial charge in [0.15, 0.2) is 0 Å². The third kappa shape index (κ3) is 3.66. The number of fused-ring (bicyclic) bond motifs is 1. The average Bonchev–Trinajstić information content (AvgIpc) is 3.29. The SMILES string of the molecule is CC(=O)NC[C@H]1CN(c2ccc(C(=O)c3cnc4ccc(F)cn34)cc2)C(=O)O1. The van der Waals surface area contributed by atoms with Crippen LogP contribution in [0, 0.1) is 5.82 Å². The van der Waals surface area contributed by atoms with Crippen LogP contribution in [0.3, 0.4) is 0 Å². The Hall–Kier alpha value is -3.75. The predicted octanol–water partition coefficient (Wildman–Crippen LogP) is 2.17. The summed E-state index contributed by atoms with van der Waals surface area (Å²) in [6.45, 7) is 1.92. The number of imidazole rings is 1. The van der Waals surface area contributed by atoms with Gasteiger partial charge in [-0.3, -0.25) is 18.9 Å². The van der Waals surface area contributed by atoms with Crippen LogP contribution in [0.4, 0.5) is 14.9 Å². The number of rotatable bonds is 5. The maximum absolute atomic E-state index is 13.5. The molecule has 1 aliphatic heterocycles. The number of pyridine rings is 1. The largest absolute Gasteiger partial charge is 0.442 e. The van der Waals surface area contributed by atoms with Crippen LogP contribution in [0.2, 0.25) is 0 Å². The van der Waals surface area contributed by atoms with E-state index in [1.54, 1.807) is 24.3 Å². The molecule has 0 bridgehead atoms. The molecule has 2 amide bonds. The van der Waals surface area contributed by atoms with Gasteiger partial charge in [-0.15, -0.1) is 0 Å². The second-order valence-corrected chi connectivity index (χ2v) is 6.65. The van der Waals surface area contributed by atoms with Crippen molar-refractivity contribution < 1.29 is 23.5 Å². The molecule has 3 heterocycles. The van der Waals surface area contributed by atoms with Gasteiger partial charge in [-0.1, -0.05) is 0 Å². The van der Waals surface area contributed by atoms with Crippen LogP contribution in [0.5, 0.6) is 0 Å². The highest BCUT2D eigenvalue weighted by molar-refractivity contribution is 6.08. The molecule has 148 valence electrons. The molecule has 1 fully saturated rings. The molecular formula is C20H17FN4O4. The van der Waals surface area contributed by atoms with Gasteiger partial charge < -0.3 is 10.1 Å². The van der Waals surface area contributed by atoms with Gasteiger partial charge in [-0.05, 0) is 36.4 Å². The van der Waals surface area contributed by atoms with Crippen LogP contribution in [-0.2, 0) is 9.53 Å². The Bertz CT molecular complexity index is 1110. The summed E-state index contributed by atoms with van der Waals surface area (Å²) < 4.78 is 20.2. The highest BCUT2D eigenvalue weighted by Crippen LogP contribution is 2.23. The first-order valence-electron chi connectivity index (χ1n) is 8.92. The Morgan fingerprint density at radius 2 is 2.00 bits per heavy atom. The van der Waals surface area contributed by atoms with Gasteiger partial charge >= 0.3 is 6.09 Å². The second kappa shape index (κ2) is 7.34. The lowest BCUT2D eigenvalue weighted by atomic mass is 10.1. The zero-order valence-electron chi connectivity index (χ0n) is 15.5. The number of nitrogens with one attached hydrogen (secondary N) is 1. The fraction of sp³-hybridized carbons (Fsp3) is 0.200. The van der Waals surface area contributed by atoms with E-state index in [9.17, 15) is 18.8 Å². The quantitative estimate of drug-likeness (QED) is 0.667. The topological polar surface area (TPSA) is 93.0 Å². The number of hydrogen-bond donors (Lipinski definition) is 1. The summed E-state index contributed by atoms with van der Waals surface area (Å²) in [6, 6.07) is 9.22. The van der Waals surface area contributed by atoms with Crippen LogP contribution in [0.25, 0.3) is 5.65 Å². The van der Waals surface area contributed by atoms with E-state index in [1.807, 2.05) is 0 Å². The minimum Gasteiger partial charge on any atom is -0.442 e. The Labute approximate surface area is 164 Å². The maximum atomic E-state index is 13.5. The fourth-order valence-electron chi connectivity index (χ4n) is 3.16. The van der Waals surface area contributed by atoms with Gasteiger partial charge in [0, 0.05) is 24.4 Å². The third-order valence-electron chi connectivity index (χ3n) is 4.60. The number of ketones is 1. The molecule has 3 aromatic rings. The van der Waals surface area contributed by atoms with Crippen LogP contribution >= 0.6 is 0 Å². The number of carbonyl (C=O) groups is 3. The molecule has 29 heavy (non-hydrogen) atoms. The van der Waals surface area contributed by atoms with E-state index in [4.69, 9.17) is 4.74 Å². The summed E-state index contributed by atoms with van der Waals surface area (Å²) in [5, 5.41) is 2.62. The van der Waals surface area contributed by atoms with Gasteiger partial charge in [-0.2, -0.15) is 0 Å². The molecule has 2 aromatic heterocycles. The molecule has 1 atom stereocenters. The molecule has 1 N–H and O–H groups in total. The summed E-state index contributed by atoms with van der Waals surface area (Å²) in [6.07, 6.45) is 1.65. The van der Waals surface area contributed by atoms with Gasteiger partial charge in [-0.25, -0.2) is 14.2 Å². The molecule has 0 spiro atoms. The fourth-order valence-corrected chi connectivity index (χ4v) is 3.16. The molecule has 8 nitrogen and oxygen atoms in total. The van der Waals surface area contributed by atoms with Gasteiger partial charge in [0.1, 0.15) is 23.3 Å². The number of anilines is 1. The van der Waals surface area contributed by atoms with Crippen molar-refractivity contribution >= 4 is 29.1 Å². The van der Waals surface area contributed by atoms with E-state index < -0.39 is 18.0 Å². The van der Waals surface area contributed by atoms with Crippen molar-refractivity contribution in [1.29, 1.82) is 0 Å². The average molecular weight is 396 g/mol. The third-order valence-corrected chi connectivity index (χ3v) is 4.60. The molecule has 1 aromatic carbocycles. The number of benzene rings is 1. The van der Waals surface area contributed by atoms with E-state index in [1.165, 1.54) is 40.8 Å². The van der Waals surface area contributed by atoms with E-state index in [2.05, 4.69) is 10.3 Å². The molecule has 0 radical (unpaired) electrons. The van der Waals surface area contributed by atoms with Crippen LogP contribution < -0.4 is 10.2 Å². The normalized spacial score (nSPS) is 16.1. The number of aromatic nitrogens is 2. The molecule has 4 rings (SSSR count). The molecular weight excluding hydrogens is 379 g/mol. The Balaban J connectivity index is 1.52. The number of carbonyl (C=O) groups excluding carboxylic acids is 3. The van der Waals surface area contributed by atoms with Crippen molar-refractivity contribution in [3.63, 3.8) is 0 Å². The van der Waals surface area contributed by atoms with Crippen molar-refractivity contribution in [3.05, 3.63) is 65.9 Å². The first-order valence-corrected chi connectivity index (χ1v) is 8.92. The summed E-state index contributed by atoms with van der Waals surface area (Å²) in [4.78, 5) is 41.4. The second-order valence-electron chi connectivity index (χ2n) is 6.65. The molecule has 0 aliphatic carbocycles. The highest BCUT2D eigenvalue weighted by atomic mass is 19.1. The minimum absolute atomic E-state index is 0.199. The first-order chi connectivity index (χ1) is 13.9. The monoisotopic (exact) mass is 396 g/mol. The summed E-state index contributed by atoms with van der Waals surface area (Å²) in [5.74, 6) is -0.988. The summed E-state index contributed by atoms with van der Waals surface area (Å²) in [5.41, 5.74) is 1.66. The van der Waals surface area contributed by atoms with E-state index in [0.29, 0.717) is 23.4 Å². The maximum Gasteiger partial charge on any atom is 0.414 e. The highest BCUT2D eigenvalue weighted by Gasteiger charge is 2.32. The minimum atomic E-state index is -0.517. The van der Waals surface area contributed by atoms with Crippen molar-refractivity contribution in [1.82, 2.24) is 14.7 Å². The molecule has 0 unspecified atom stereocenters. The molecule has 0 saturated carbocycles. The van der Waals surface area contributed by atoms with E-state index in [-0.39, 0.29) is 23.9 Å². The van der Waals surface area contributed by atoms with Crippen molar-refractivity contribution in [2.24, 2.45) is 0 Å². The number of nitrogens with zero attached hydrogens (tertiary/aromatic N) is 3. The zero-order valence-corrected chi connectivity index (χ0v) is 15.5. The van der Waals surface area contributed by atoms with Gasteiger partial charge in [0.25, 0.3) is 0 Å². The first kappa shape index (κ1) is 18.6. The summed E-state index contributed by atoms with van der Waals surface area (Å²) >= 11 is 0. The van der Waals surface area contributed by atoms with E-state index in [0.717, 1.165) is 0 Å². The van der Waals surface area contributed by atoms with Gasteiger partial charge in [0.2, 0.25) is 11.7 Å². The number of amides is 2.